The lowest BCUT2D eigenvalue weighted by Gasteiger charge is -2.31. The fourth-order valence-corrected chi connectivity index (χ4v) is 2.77. The summed E-state index contributed by atoms with van der Waals surface area (Å²) in [6, 6.07) is 7.53. The average Bonchev–Trinajstić information content (AvgIpc) is 2.86. The van der Waals surface area contributed by atoms with Gasteiger partial charge in [-0.15, -0.1) is 0 Å². The molecule has 0 aliphatic heterocycles. The van der Waals surface area contributed by atoms with Gasteiger partial charge in [-0.05, 0) is 58.5 Å². The molecule has 4 nitrogen and oxygen atoms in total. The van der Waals surface area contributed by atoms with E-state index in [1.165, 1.54) is 0 Å². The van der Waals surface area contributed by atoms with Crippen molar-refractivity contribution in [3.63, 3.8) is 0 Å². The summed E-state index contributed by atoms with van der Waals surface area (Å²) in [7, 11) is 0. The van der Waals surface area contributed by atoms with Crippen LogP contribution in [0.3, 0.4) is 0 Å². The Bertz CT molecular complexity index is 644. The monoisotopic (exact) mass is 336 g/mol. The Kier molecular flexibility index (Phi) is 5.50. The molecule has 0 spiro atoms. The van der Waals surface area contributed by atoms with Crippen LogP contribution in [0.5, 0.6) is 0 Å². The first-order valence-electron chi connectivity index (χ1n) is 7.91. The third-order valence-electron chi connectivity index (χ3n) is 3.82. The molecule has 126 valence electrons. The molecule has 1 heterocycles. The van der Waals surface area contributed by atoms with E-state index >= 15 is 0 Å². The van der Waals surface area contributed by atoms with Gasteiger partial charge in [-0.3, -0.25) is 4.90 Å². The lowest BCUT2D eigenvalue weighted by molar-refractivity contribution is 0.0210. The summed E-state index contributed by atoms with van der Waals surface area (Å²) in [5, 5.41) is 10.8. The van der Waals surface area contributed by atoms with E-state index in [4.69, 9.17) is 16.0 Å². The Morgan fingerprint density at radius 2 is 1.91 bits per heavy atom. The minimum absolute atomic E-state index is 0.00817. The molecular formula is C18H25ClN2O2. The van der Waals surface area contributed by atoms with Crippen LogP contribution in [-0.2, 0) is 0 Å². The van der Waals surface area contributed by atoms with Crippen LogP contribution in [0, 0.1) is 6.92 Å². The zero-order valence-corrected chi connectivity index (χ0v) is 15.2. The summed E-state index contributed by atoms with van der Waals surface area (Å²) >= 11 is 5.94. The molecule has 23 heavy (non-hydrogen) atoms. The van der Waals surface area contributed by atoms with Crippen molar-refractivity contribution in [2.75, 3.05) is 13.1 Å². The third kappa shape index (κ3) is 4.56. The molecule has 1 atom stereocenters. The first kappa shape index (κ1) is 18.0. The van der Waals surface area contributed by atoms with Crippen molar-refractivity contribution in [3.05, 3.63) is 40.9 Å². The molecule has 0 amide bonds. The quantitative estimate of drug-likeness (QED) is 0.846. The maximum absolute atomic E-state index is 10.1. The number of nitrogens with zero attached hydrogens (tertiary/aromatic N) is 2. The smallest absolute Gasteiger partial charge is 0.212 e. The van der Waals surface area contributed by atoms with E-state index in [1.807, 2.05) is 52.0 Å². The van der Waals surface area contributed by atoms with Gasteiger partial charge in [0.25, 0.3) is 0 Å². The predicted octanol–water partition coefficient (Wildman–Crippen LogP) is 4.46. The molecule has 0 fully saturated rings. The number of benzene rings is 1. The molecule has 1 aromatic heterocycles. The van der Waals surface area contributed by atoms with Crippen LogP contribution in [0.4, 0.5) is 0 Å². The molecule has 2 rings (SSSR count). The van der Waals surface area contributed by atoms with Crippen molar-refractivity contribution in [2.45, 2.75) is 46.3 Å². The molecule has 0 radical (unpaired) electrons. The first-order chi connectivity index (χ1) is 10.7. The largest absolute Gasteiger partial charge is 0.439 e. The van der Waals surface area contributed by atoms with Crippen LogP contribution in [0.25, 0.3) is 11.3 Å². The van der Waals surface area contributed by atoms with Crippen molar-refractivity contribution >= 4 is 11.6 Å². The molecule has 0 aliphatic rings. The highest BCUT2D eigenvalue weighted by molar-refractivity contribution is 6.30. The van der Waals surface area contributed by atoms with Gasteiger partial charge in [0.15, 0.2) is 5.76 Å². The molecule has 0 bridgehead atoms. The second kappa shape index (κ2) is 7.04. The van der Waals surface area contributed by atoms with Crippen LogP contribution in [0.15, 0.2) is 28.7 Å². The van der Waals surface area contributed by atoms with Crippen molar-refractivity contribution < 1.29 is 9.52 Å². The number of rotatable bonds is 6. The number of aliphatic hydroxyl groups is 1. The maximum Gasteiger partial charge on any atom is 0.212 e. The van der Waals surface area contributed by atoms with E-state index in [-0.39, 0.29) is 6.04 Å². The summed E-state index contributed by atoms with van der Waals surface area (Å²) in [6.07, 6.45) is 0. The average molecular weight is 337 g/mol. The van der Waals surface area contributed by atoms with Crippen molar-refractivity contribution in [1.82, 2.24) is 9.88 Å². The van der Waals surface area contributed by atoms with E-state index in [0.29, 0.717) is 17.5 Å². The molecule has 0 saturated carbocycles. The van der Waals surface area contributed by atoms with Crippen LogP contribution in [0.2, 0.25) is 5.02 Å². The molecule has 1 aromatic carbocycles. The van der Waals surface area contributed by atoms with Crippen molar-refractivity contribution in [1.29, 1.82) is 0 Å². The molecular weight excluding hydrogens is 312 g/mol. The van der Waals surface area contributed by atoms with E-state index in [2.05, 4.69) is 16.8 Å². The highest BCUT2D eigenvalue weighted by Crippen LogP contribution is 2.30. The standard InChI is InChI=1S/C18H25ClN2O2/c1-6-21(11-18(4,5)22)13(3)17-20-12(2)16(23-17)14-7-9-15(19)10-8-14/h7-10,13,22H,6,11H2,1-5H3. The van der Waals surface area contributed by atoms with Crippen LogP contribution < -0.4 is 0 Å². The summed E-state index contributed by atoms with van der Waals surface area (Å²) in [6.45, 7) is 11.0. The van der Waals surface area contributed by atoms with Gasteiger partial charge < -0.3 is 9.52 Å². The maximum atomic E-state index is 10.1. The number of aromatic nitrogens is 1. The Morgan fingerprint density at radius 3 is 2.43 bits per heavy atom. The van der Waals surface area contributed by atoms with Gasteiger partial charge in [0.05, 0.1) is 17.3 Å². The molecule has 2 aromatic rings. The van der Waals surface area contributed by atoms with Crippen LogP contribution in [-0.4, -0.2) is 33.7 Å². The zero-order chi connectivity index (χ0) is 17.2. The Morgan fingerprint density at radius 1 is 1.30 bits per heavy atom. The molecule has 0 saturated heterocycles. The van der Waals surface area contributed by atoms with Gasteiger partial charge in [-0.2, -0.15) is 0 Å². The SMILES string of the molecule is CCN(CC(C)(C)O)C(C)c1nc(C)c(-c2ccc(Cl)cc2)o1. The summed E-state index contributed by atoms with van der Waals surface area (Å²) < 4.78 is 6.02. The third-order valence-corrected chi connectivity index (χ3v) is 4.07. The van der Waals surface area contributed by atoms with Gasteiger partial charge in [-0.25, -0.2) is 4.98 Å². The Labute approximate surface area is 143 Å². The number of hydrogen-bond donors (Lipinski definition) is 1. The summed E-state index contributed by atoms with van der Waals surface area (Å²) in [5.74, 6) is 1.43. The fraction of sp³-hybridized carbons (Fsp3) is 0.500. The van der Waals surface area contributed by atoms with E-state index < -0.39 is 5.60 Å². The number of halogens is 1. The minimum atomic E-state index is -0.759. The topological polar surface area (TPSA) is 49.5 Å². The summed E-state index contributed by atoms with van der Waals surface area (Å²) in [5.41, 5.74) is 1.06. The Balaban J connectivity index is 2.27. The lowest BCUT2D eigenvalue weighted by Crippen LogP contribution is -2.40. The van der Waals surface area contributed by atoms with Gasteiger partial charge >= 0.3 is 0 Å². The molecule has 1 N–H and O–H groups in total. The normalized spacial score (nSPS) is 13.6. The highest BCUT2D eigenvalue weighted by atomic mass is 35.5. The van der Waals surface area contributed by atoms with Gasteiger partial charge in [0.1, 0.15) is 0 Å². The van der Waals surface area contributed by atoms with Gasteiger partial charge in [-0.1, -0.05) is 18.5 Å². The summed E-state index contributed by atoms with van der Waals surface area (Å²) in [4.78, 5) is 6.73. The Hall–Kier alpha value is -1.36. The van der Waals surface area contributed by atoms with Crippen molar-refractivity contribution in [2.24, 2.45) is 0 Å². The van der Waals surface area contributed by atoms with E-state index in [0.717, 1.165) is 23.6 Å². The van der Waals surface area contributed by atoms with Gasteiger partial charge in [0, 0.05) is 17.1 Å². The second-order valence-electron chi connectivity index (χ2n) is 6.53. The number of hydrogen-bond acceptors (Lipinski definition) is 4. The first-order valence-corrected chi connectivity index (χ1v) is 8.28. The number of likely N-dealkylation sites (N-methyl/N-ethyl adjacent to an activating group) is 1. The zero-order valence-electron chi connectivity index (χ0n) is 14.4. The van der Waals surface area contributed by atoms with E-state index in [9.17, 15) is 5.11 Å². The van der Waals surface area contributed by atoms with Crippen molar-refractivity contribution in [3.8, 4) is 11.3 Å². The molecule has 0 aliphatic carbocycles. The highest BCUT2D eigenvalue weighted by Gasteiger charge is 2.26. The number of oxazole rings is 1. The lowest BCUT2D eigenvalue weighted by atomic mass is 10.1. The minimum Gasteiger partial charge on any atom is -0.439 e. The molecule has 1 unspecified atom stereocenters. The predicted molar refractivity (Wildman–Crippen MR) is 93.6 cm³/mol. The van der Waals surface area contributed by atoms with Gasteiger partial charge in [0.2, 0.25) is 5.89 Å². The second-order valence-corrected chi connectivity index (χ2v) is 6.96. The number of aryl methyl sites for hydroxylation is 1. The molecule has 5 heteroatoms. The van der Waals surface area contributed by atoms with Crippen LogP contribution in [0.1, 0.15) is 45.3 Å². The fourth-order valence-electron chi connectivity index (χ4n) is 2.64. The van der Waals surface area contributed by atoms with E-state index in [1.54, 1.807) is 0 Å². The van der Waals surface area contributed by atoms with Crippen LogP contribution >= 0.6 is 11.6 Å².